The summed E-state index contributed by atoms with van der Waals surface area (Å²) in [5.41, 5.74) is 0.275. The Morgan fingerprint density at radius 1 is 1.18 bits per heavy atom. The molecule has 1 heterocycles. The summed E-state index contributed by atoms with van der Waals surface area (Å²) in [7, 11) is 0. The largest absolute Gasteiger partial charge is 0.493 e. The van der Waals surface area contributed by atoms with Gasteiger partial charge in [0.05, 0.1) is 6.61 Å². The number of ether oxygens (including phenoxy) is 1. The molecule has 0 aliphatic rings. The van der Waals surface area contributed by atoms with Gasteiger partial charge in [-0.1, -0.05) is 44.7 Å². The normalized spacial score (nSPS) is 11.4. The Hall–Kier alpha value is -2.02. The second kappa shape index (κ2) is 6.83. The lowest BCUT2D eigenvalue weighted by Gasteiger charge is -2.19. The summed E-state index contributed by atoms with van der Waals surface area (Å²) in [4.78, 5) is 24.4. The summed E-state index contributed by atoms with van der Waals surface area (Å²) in [5.74, 6) is 1.35. The molecule has 0 saturated carbocycles. The van der Waals surface area contributed by atoms with Crippen molar-refractivity contribution < 1.29 is 4.74 Å². The van der Waals surface area contributed by atoms with Crippen LogP contribution in [-0.4, -0.2) is 27.5 Å². The molecule has 0 spiro atoms. The number of hydrogen-bond donors (Lipinski definition) is 2. The maximum absolute atomic E-state index is 11.4. The molecule has 0 bridgehead atoms. The molecule has 0 unspecified atom stereocenters. The number of H-pyrrole nitrogens is 2. The fourth-order valence-electron chi connectivity index (χ4n) is 1.78. The van der Waals surface area contributed by atoms with Gasteiger partial charge in [-0.15, -0.1) is 0 Å². The van der Waals surface area contributed by atoms with Gasteiger partial charge in [0.25, 0.3) is 5.56 Å². The molecule has 0 aliphatic carbocycles. The molecule has 0 fully saturated rings. The predicted octanol–water partition coefficient (Wildman–Crippen LogP) is 1.93. The van der Waals surface area contributed by atoms with Crippen LogP contribution in [-0.2, 0) is 5.41 Å². The van der Waals surface area contributed by atoms with Crippen molar-refractivity contribution in [2.45, 2.75) is 31.2 Å². The molecule has 2 N–H and O–H groups in total. The van der Waals surface area contributed by atoms with Gasteiger partial charge in [-0.25, -0.2) is 9.89 Å². The van der Waals surface area contributed by atoms with Crippen molar-refractivity contribution in [2.24, 2.45) is 0 Å². The molecule has 0 radical (unpaired) electrons. The molecule has 0 amide bonds. The van der Waals surface area contributed by atoms with E-state index in [2.05, 4.69) is 48.1 Å². The van der Waals surface area contributed by atoms with Gasteiger partial charge in [-0.2, -0.15) is 5.10 Å². The zero-order chi connectivity index (χ0) is 16.2. The molecule has 7 heteroatoms. The minimum atomic E-state index is -0.607. The number of aromatic amines is 2. The van der Waals surface area contributed by atoms with Crippen LogP contribution in [0, 0.1) is 0 Å². The molecule has 1 aromatic heterocycles. The second-order valence-corrected chi connectivity index (χ2v) is 6.87. The first kappa shape index (κ1) is 16.4. The number of hydrogen-bond acceptors (Lipinski definition) is 5. The standard InChI is InChI=1S/C15H19N3O3S/c1-15(2,3)10-4-6-11(7-5-10)21-8-9-22-13-12(19)16-14(20)18-17-13/h4-7H,8-9H2,1-3H3,(H2,16,18,19,20). The Labute approximate surface area is 132 Å². The van der Waals surface area contributed by atoms with E-state index >= 15 is 0 Å². The highest BCUT2D eigenvalue weighted by atomic mass is 32.2. The van der Waals surface area contributed by atoms with Crippen molar-refractivity contribution in [3.63, 3.8) is 0 Å². The Balaban J connectivity index is 1.84. The van der Waals surface area contributed by atoms with Crippen LogP contribution in [0.1, 0.15) is 26.3 Å². The Morgan fingerprint density at radius 3 is 2.45 bits per heavy atom. The van der Waals surface area contributed by atoms with Crippen molar-refractivity contribution in [1.82, 2.24) is 15.2 Å². The van der Waals surface area contributed by atoms with Crippen LogP contribution in [0.4, 0.5) is 0 Å². The van der Waals surface area contributed by atoms with E-state index in [1.54, 1.807) is 0 Å². The molecule has 0 saturated heterocycles. The van der Waals surface area contributed by atoms with Gasteiger partial charge in [0.15, 0.2) is 5.03 Å². The molecular weight excluding hydrogens is 302 g/mol. The first-order valence-corrected chi connectivity index (χ1v) is 7.90. The minimum absolute atomic E-state index is 0.116. The number of nitrogens with one attached hydrogen (secondary N) is 2. The molecule has 0 aliphatic heterocycles. The van der Waals surface area contributed by atoms with Crippen molar-refractivity contribution in [3.8, 4) is 5.75 Å². The van der Waals surface area contributed by atoms with Crippen LogP contribution >= 0.6 is 11.8 Å². The van der Waals surface area contributed by atoms with Gasteiger partial charge in [0.2, 0.25) is 0 Å². The van der Waals surface area contributed by atoms with Gasteiger partial charge in [0.1, 0.15) is 5.75 Å². The van der Waals surface area contributed by atoms with Crippen LogP contribution in [0.2, 0.25) is 0 Å². The van der Waals surface area contributed by atoms with Crippen molar-refractivity contribution >= 4 is 11.8 Å². The lowest BCUT2D eigenvalue weighted by molar-refractivity contribution is 0.343. The molecule has 2 rings (SSSR count). The average Bonchev–Trinajstić information content (AvgIpc) is 2.45. The van der Waals surface area contributed by atoms with Gasteiger partial charge in [-0.3, -0.25) is 9.78 Å². The predicted molar refractivity (Wildman–Crippen MR) is 86.8 cm³/mol. The molecule has 22 heavy (non-hydrogen) atoms. The summed E-state index contributed by atoms with van der Waals surface area (Å²) in [5, 5.41) is 6.11. The number of aromatic nitrogens is 3. The van der Waals surface area contributed by atoms with E-state index in [4.69, 9.17) is 4.74 Å². The van der Waals surface area contributed by atoms with Crippen LogP contribution in [0.15, 0.2) is 38.9 Å². The first-order chi connectivity index (χ1) is 10.4. The number of rotatable bonds is 5. The molecular formula is C15H19N3O3S. The van der Waals surface area contributed by atoms with Crippen molar-refractivity contribution in [1.29, 1.82) is 0 Å². The highest BCUT2D eigenvalue weighted by molar-refractivity contribution is 7.99. The topological polar surface area (TPSA) is 87.8 Å². The summed E-state index contributed by atoms with van der Waals surface area (Å²) >= 11 is 1.23. The maximum atomic E-state index is 11.4. The second-order valence-electron chi connectivity index (χ2n) is 5.78. The lowest BCUT2D eigenvalue weighted by Crippen LogP contribution is -2.25. The fraction of sp³-hybridized carbons (Fsp3) is 0.400. The number of nitrogens with zero attached hydrogens (tertiary/aromatic N) is 1. The van der Waals surface area contributed by atoms with Crippen LogP contribution in [0.25, 0.3) is 0 Å². The number of thioether (sulfide) groups is 1. The summed E-state index contributed by atoms with van der Waals surface area (Å²) in [6.07, 6.45) is 0. The van der Waals surface area contributed by atoms with E-state index in [1.165, 1.54) is 17.3 Å². The summed E-state index contributed by atoms with van der Waals surface area (Å²) < 4.78 is 5.63. The Morgan fingerprint density at radius 2 is 1.86 bits per heavy atom. The molecule has 2 aromatic rings. The third kappa shape index (κ3) is 4.49. The Kier molecular flexibility index (Phi) is 5.07. The fourth-order valence-corrected chi connectivity index (χ4v) is 2.44. The van der Waals surface area contributed by atoms with Gasteiger partial charge < -0.3 is 4.74 Å². The van der Waals surface area contributed by atoms with Gasteiger partial charge in [-0.05, 0) is 23.1 Å². The Bertz CT molecular complexity index is 729. The first-order valence-electron chi connectivity index (χ1n) is 6.91. The smallest absolute Gasteiger partial charge is 0.342 e. The number of benzene rings is 1. The van der Waals surface area contributed by atoms with Gasteiger partial charge >= 0.3 is 5.69 Å². The summed E-state index contributed by atoms with van der Waals surface area (Å²) in [6, 6.07) is 7.99. The molecule has 118 valence electrons. The van der Waals surface area contributed by atoms with Crippen molar-refractivity contribution in [3.05, 3.63) is 50.7 Å². The zero-order valence-corrected chi connectivity index (χ0v) is 13.6. The van der Waals surface area contributed by atoms with E-state index in [-0.39, 0.29) is 10.4 Å². The van der Waals surface area contributed by atoms with Crippen LogP contribution in [0.5, 0.6) is 5.75 Å². The highest BCUT2D eigenvalue weighted by Gasteiger charge is 2.12. The molecule has 6 nitrogen and oxygen atoms in total. The SMILES string of the molecule is CC(C)(C)c1ccc(OCCSc2n[nH]c(=O)[nH]c2=O)cc1. The van der Waals surface area contributed by atoms with E-state index in [0.29, 0.717) is 12.4 Å². The monoisotopic (exact) mass is 321 g/mol. The van der Waals surface area contributed by atoms with Gasteiger partial charge in [0, 0.05) is 5.75 Å². The quantitative estimate of drug-likeness (QED) is 0.649. The van der Waals surface area contributed by atoms with E-state index < -0.39 is 11.2 Å². The lowest BCUT2D eigenvalue weighted by atomic mass is 9.87. The van der Waals surface area contributed by atoms with E-state index in [0.717, 1.165) is 5.75 Å². The maximum Gasteiger partial charge on any atom is 0.342 e. The average molecular weight is 321 g/mol. The van der Waals surface area contributed by atoms with E-state index in [9.17, 15) is 9.59 Å². The van der Waals surface area contributed by atoms with Crippen LogP contribution in [0.3, 0.4) is 0 Å². The molecule has 1 aromatic carbocycles. The van der Waals surface area contributed by atoms with E-state index in [1.807, 2.05) is 12.1 Å². The van der Waals surface area contributed by atoms with Crippen LogP contribution < -0.4 is 16.0 Å². The zero-order valence-electron chi connectivity index (χ0n) is 12.8. The third-order valence-electron chi connectivity index (χ3n) is 2.99. The highest BCUT2D eigenvalue weighted by Crippen LogP contribution is 2.24. The third-order valence-corrected chi connectivity index (χ3v) is 3.91. The minimum Gasteiger partial charge on any atom is -0.493 e. The summed E-state index contributed by atoms with van der Waals surface area (Å²) in [6.45, 7) is 6.93. The molecule has 0 atom stereocenters. The van der Waals surface area contributed by atoms with Crippen molar-refractivity contribution in [2.75, 3.05) is 12.4 Å².